The summed E-state index contributed by atoms with van der Waals surface area (Å²) in [6, 6.07) is 7.45. The first-order valence-electron chi connectivity index (χ1n) is 7.22. The molecule has 0 aliphatic carbocycles. The molecule has 0 aliphatic rings. The van der Waals surface area contributed by atoms with Gasteiger partial charge in [-0.25, -0.2) is 0 Å². The Hall–Kier alpha value is -1.74. The molecule has 0 bridgehead atoms. The van der Waals surface area contributed by atoms with Crippen LogP contribution in [0.3, 0.4) is 0 Å². The van der Waals surface area contributed by atoms with Crippen LogP contribution in [0.25, 0.3) is 0 Å². The zero-order valence-corrected chi connectivity index (χ0v) is 16.9. The van der Waals surface area contributed by atoms with Crippen molar-refractivity contribution in [2.45, 2.75) is 13.8 Å². The van der Waals surface area contributed by atoms with Gasteiger partial charge in [-0.3, -0.25) is 0 Å². The third-order valence-electron chi connectivity index (χ3n) is 2.74. The van der Waals surface area contributed by atoms with E-state index in [9.17, 15) is 0 Å². The van der Waals surface area contributed by atoms with Gasteiger partial charge in [-0.05, 0) is 48.4 Å². The van der Waals surface area contributed by atoms with Gasteiger partial charge >= 0.3 is 17.1 Å². The Morgan fingerprint density at radius 3 is 1.96 bits per heavy atom. The Morgan fingerprint density at radius 1 is 0.960 bits per heavy atom. The predicted molar refractivity (Wildman–Crippen MR) is 105 cm³/mol. The van der Waals surface area contributed by atoms with Gasteiger partial charge in [-0.15, -0.1) is 5.10 Å². The van der Waals surface area contributed by atoms with Gasteiger partial charge in [0.05, 0.1) is 12.3 Å². The zero-order valence-electron chi connectivity index (χ0n) is 14.3. The van der Waals surface area contributed by atoms with E-state index in [1.807, 2.05) is 31.2 Å². The number of rotatable bonds is 6. The summed E-state index contributed by atoms with van der Waals surface area (Å²) in [7, 11) is 3.36. The Bertz CT molecular complexity index is 658. The average molecular weight is 428 g/mol. The molecule has 7 nitrogen and oxygen atoms in total. The Labute approximate surface area is 169 Å². The Morgan fingerprint density at radius 2 is 1.48 bits per heavy atom. The summed E-state index contributed by atoms with van der Waals surface area (Å²) in [5.41, 5.74) is 1.91. The van der Waals surface area contributed by atoms with Crippen molar-refractivity contribution >= 4 is 47.0 Å². The maximum absolute atomic E-state index is 5.44. The molecule has 0 saturated heterocycles. The van der Waals surface area contributed by atoms with E-state index in [1.54, 1.807) is 21.0 Å². The van der Waals surface area contributed by atoms with Crippen molar-refractivity contribution in [1.29, 1.82) is 0 Å². The van der Waals surface area contributed by atoms with E-state index >= 15 is 0 Å². The molecule has 0 heterocycles. The van der Waals surface area contributed by atoms with Crippen molar-refractivity contribution in [3.05, 3.63) is 29.8 Å². The number of nitrogens with one attached hydrogen (secondary N) is 2. The molecular formula is C15H20CuN6OS2. The van der Waals surface area contributed by atoms with Crippen LogP contribution in [-0.4, -0.2) is 42.5 Å². The molecule has 0 unspecified atom stereocenters. The van der Waals surface area contributed by atoms with Crippen LogP contribution in [0.4, 0.5) is 0 Å². The van der Waals surface area contributed by atoms with Crippen molar-refractivity contribution in [1.82, 2.24) is 10.6 Å². The summed E-state index contributed by atoms with van der Waals surface area (Å²) in [6.45, 7) is 4.31. The van der Waals surface area contributed by atoms with Crippen LogP contribution in [-0.2, 0) is 42.3 Å². The van der Waals surface area contributed by atoms with E-state index < -0.39 is 0 Å². The van der Waals surface area contributed by atoms with Crippen molar-refractivity contribution in [3.63, 3.8) is 0 Å². The fourth-order valence-corrected chi connectivity index (χ4v) is 1.66. The monoisotopic (exact) mass is 427 g/mol. The fourth-order valence-electron chi connectivity index (χ4n) is 1.58. The SMILES string of the molecule is CCOc1ccc(C(=N\N=C(/[S-])NC)/C(C)=N/N=C(\[S-])NC)cc1.[Cu+2]. The topological polar surface area (TPSA) is 82.7 Å². The van der Waals surface area contributed by atoms with Gasteiger partial charge in [0.15, 0.2) is 0 Å². The molecule has 1 rings (SSSR count). The van der Waals surface area contributed by atoms with Crippen LogP contribution in [0.5, 0.6) is 5.75 Å². The quantitative estimate of drug-likeness (QED) is 0.236. The molecule has 1 radical (unpaired) electrons. The minimum atomic E-state index is 0. The number of benzene rings is 1. The molecular weight excluding hydrogens is 408 g/mol. The van der Waals surface area contributed by atoms with Gasteiger partial charge in [-0.2, -0.15) is 15.3 Å². The van der Waals surface area contributed by atoms with E-state index in [-0.39, 0.29) is 27.4 Å². The Balaban J connectivity index is 0.00000576. The fraction of sp³-hybridized carbons (Fsp3) is 0.333. The molecule has 0 aromatic heterocycles. The molecule has 0 atom stereocenters. The number of amidine groups is 2. The maximum Gasteiger partial charge on any atom is 2.00 e. The molecule has 139 valence electrons. The molecule has 1 aromatic carbocycles. The Kier molecular flexibility index (Phi) is 11.7. The first-order chi connectivity index (χ1) is 11.5. The first-order valence-corrected chi connectivity index (χ1v) is 8.04. The summed E-state index contributed by atoms with van der Waals surface area (Å²) in [5, 5.41) is 22.1. The second-order valence-electron chi connectivity index (χ2n) is 4.40. The molecule has 0 spiro atoms. The van der Waals surface area contributed by atoms with E-state index in [0.717, 1.165) is 11.3 Å². The third-order valence-corrected chi connectivity index (χ3v) is 3.31. The minimum absolute atomic E-state index is 0. The van der Waals surface area contributed by atoms with E-state index in [0.29, 0.717) is 18.0 Å². The summed E-state index contributed by atoms with van der Waals surface area (Å²) in [6.07, 6.45) is 0. The van der Waals surface area contributed by atoms with Gasteiger partial charge in [-0.1, -0.05) is 0 Å². The average Bonchev–Trinajstić information content (AvgIpc) is 2.61. The summed E-state index contributed by atoms with van der Waals surface area (Å²) in [4.78, 5) is 0. The summed E-state index contributed by atoms with van der Waals surface area (Å²) >= 11 is 9.94. The number of ether oxygens (including phenoxy) is 1. The van der Waals surface area contributed by atoms with Crippen LogP contribution >= 0.6 is 0 Å². The number of hydrogen-bond acceptors (Lipinski definition) is 7. The van der Waals surface area contributed by atoms with Crippen LogP contribution < -0.4 is 15.4 Å². The summed E-state index contributed by atoms with van der Waals surface area (Å²) < 4.78 is 5.44. The van der Waals surface area contributed by atoms with Crippen molar-refractivity contribution < 1.29 is 21.8 Å². The summed E-state index contributed by atoms with van der Waals surface area (Å²) in [5.74, 6) is 0.777. The molecule has 0 amide bonds. The predicted octanol–water partition coefficient (Wildman–Crippen LogP) is 1.41. The van der Waals surface area contributed by atoms with Gasteiger partial charge in [0.1, 0.15) is 11.5 Å². The molecule has 0 saturated carbocycles. The van der Waals surface area contributed by atoms with Crippen LogP contribution in [0.2, 0.25) is 0 Å². The first kappa shape index (κ1) is 23.3. The van der Waals surface area contributed by atoms with Crippen LogP contribution in [0.15, 0.2) is 44.7 Å². The standard InChI is InChI=1S/C15H22N6OS2.Cu/c1-5-22-12-8-6-11(7-9-12)13(19-21-15(24)17-4)10(2)18-20-14(23)16-3;/h6-9H,5H2,1-4H3,(H2,16,20,23)(H2,17,21,24);/q;+2/p-2/b18-10+,19-13-;. The molecule has 25 heavy (non-hydrogen) atoms. The smallest absolute Gasteiger partial charge is 0.741 e. The molecule has 0 fully saturated rings. The van der Waals surface area contributed by atoms with Gasteiger partial charge < -0.3 is 40.6 Å². The van der Waals surface area contributed by atoms with Gasteiger partial charge in [0, 0.05) is 19.7 Å². The zero-order chi connectivity index (χ0) is 17.9. The number of nitrogens with zero attached hydrogens (tertiary/aromatic N) is 4. The van der Waals surface area contributed by atoms with Crippen molar-refractivity contribution in [2.24, 2.45) is 20.4 Å². The van der Waals surface area contributed by atoms with E-state index in [4.69, 9.17) is 30.0 Å². The largest absolute Gasteiger partial charge is 2.00 e. The number of hydrogen-bond donors (Lipinski definition) is 2. The third kappa shape index (κ3) is 8.26. The maximum atomic E-state index is 5.44. The molecule has 10 heteroatoms. The minimum Gasteiger partial charge on any atom is -0.741 e. The second kappa shape index (κ2) is 12.6. The van der Waals surface area contributed by atoms with Crippen LogP contribution in [0, 0.1) is 0 Å². The van der Waals surface area contributed by atoms with Crippen molar-refractivity contribution in [2.75, 3.05) is 20.7 Å². The molecule has 1 aromatic rings. The molecule has 2 N–H and O–H groups in total. The normalized spacial score (nSPS) is 13.1. The second-order valence-corrected chi connectivity index (χ2v) is 5.18. The van der Waals surface area contributed by atoms with Crippen molar-refractivity contribution in [3.8, 4) is 5.75 Å². The van der Waals surface area contributed by atoms with Gasteiger partial charge in [0.2, 0.25) is 0 Å². The van der Waals surface area contributed by atoms with E-state index in [2.05, 4.69) is 31.0 Å². The molecule has 0 aliphatic heterocycles. The van der Waals surface area contributed by atoms with Gasteiger partial charge in [0.25, 0.3) is 0 Å². The van der Waals surface area contributed by atoms with E-state index in [1.165, 1.54) is 0 Å². The van der Waals surface area contributed by atoms with Crippen LogP contribution in [0.1, 0.15) is 19.4 Å².